The smallest absolute Gasteiger partial charge is 0.269 e. The molecule has 1 N–H and O–H groups in total. The number of hydrogen-bond acceptors (Lipinski definition) is 5. The summed E-state index contributed by atoms with van der Waals surface area (Å²) in [6.07, 6.45) is 3.93. The summed E-state index contributed by atoms with van der Waals surface area (Å²) in [6.45, 7) is 1.54. The summed E-state index contributed by atoms with van der Waals surface area (Å²) in [5.41, 5.74) is 4.84. The number of halogens is 2. The lowest BCUT2D eigenvalue weighted by atomic mass is 9.99. The van der Waals surface area contributed by atoms with Gasteiger partial charge in [-0.1, -0.05) is 6.07 Å². The lowest BCUT2D eigenvalue weighted by Gasteiger charge is -2.42. The minimum absolute atomic E-state index is 0.115. The number of hydrogen-bond donors (Lipinski definition) is 1. The van der Waals surface area contributed by atoms with E-state index in [2.05, 4.69) is 25.0 Å². The number of aromatic nitrogens is 2. The fraction of sp³-hybridized carbons (Fsp3) is 0.217. The van der Waals surface area contributed by atoms with Crippen LogP contribution in [0.3, 0.4) is 0 Å². The minimum Gasteiger partial charge on any atom is -0.368 e. The van der Waals surface area contributed by atoms with Crippen molar-refractivity contribution in [1.82, 2.24) is 19.8 Å². The minimum atomic E-state index is -0.301. The molecule has 1 saturated heterocycles. The van der Waals surface area contributed by atoms with Crippen LogP contribution in [-0.4, -0.2) is 38.8 Å². The standard InChI is InChI=1S/C23H18ClFN6O/c24-16-11-30(12-16)22-23-27-20(13-1-4-17(25)5-2-13)21(31(23)8-7-26-22)14-3-6-18-15(9-14)10-19(32)29-28-18/h1-9,16,22,26H,10-12H2. The first-order valence-corrected chi connectivity index (χ1v) is 10.8. The normalized spacial score (nSPS) is 19.9. The van der Waals surface area contributed by atoms with Crippen LogP contribution < -0.4 is 5.32 Å². The Labute approximate surface area is 188 Å². The van der Waals surface area contributed by atoms with Crippen LogP contribution in [0.5, 0.6) is 0 Å². The Balaban J connectivity index is 1.53. The van der Waals surface area contributed by atoms with E-state index in [9.17, 15) is 9.18 Å². The number of alkyl halides is 1. The third-order valence-corrected chi connectivity index (χ3v) is 6.25. The molecule has 3 aliphatic heterocycles. The van der Waals surface area contributed by atoms with E-state index in [1.807, 2.05) is 30.6 Å². The van der Waals surface area contributed by atoms with E-state index < -0.39 is 0 Å². The third-order valence-electron chi connectivity index (χ3n) is 5.97. The van der Waals surface area contributed by atoms with Gasteiger partial charge in [0.05, 0.1) is 28.9 Å². The number of azo groups is 1. The molecule has 0 spiro atoms. The Bertz CT molecular complexity index is 1290. The number of benzene rings is 2. The highest BCUT2D eigenvalue weighted by Gasteiger charge is 2.36. The summed E-state index contributed by atoms with van der Waals surface area (Å²) >= 11 is 6.22. The van der Waals surface area contributed by atoms with Crippen molar-refractivity contribution in [3.05, 3.63) is 65.9 Å². The van der Waals surface area contributed by atoms with Gasteiger partial charge in [-0.3, -0.25) is 14.3 Å². The Morgan fingerprint density at radius 3 is 2.62 bits per heavy atom. The molecule has 3 aromatic rings. The van der Waals surface area contributed by atoms with Crippen molar-refractivity contribution in [2.24, 2.45) is 10.2 Å². The number of imidazole rings is 1. The Morgan fingerprint density at radius 1 is 1.06 bits per heavy atom. The molecule has 32 heavy (non-hydrogen) atoms. The van der Waals surface area contributed by atoms with Crippen LogP contribution >= 0.6 is 11.6 Å². The molecule has 9 heteroatoms. The van der Waals surface area contributed by atoms with Crippen LogP contribution in [0.1, 0.15) is 17.6 Å². The fourth-order valence-corrected chi connectivity index (χ4v) is 4.73. The lowest BCUT2D eigenvalue weighted by Crippen LogP contribution is -2.53. The van der Waals surface area contributed by atoms with Crippen molar-refractivity contribution >= 4 is 29.4 Å². The first-order valence-electron chi connectivity index (χ1n) is 10.3. The van der Waals surface area contributed by atoms with E-state index >= 15 is 0 Å². The monoisotopic (exact) mass is 448 g/mol. The second-order valence-electron chi connectivity index (χ2n) is 8.09. The molecule has 4 heterocycles. The molecule has 1 aromatic heterocycles. The van der Waals surface area contributed by atoms with Gasteiger partial charge in [-0.2, -0.15) is 0 Å². The zero-order valence-electron chi connectivity index (χ0n) is 16.9. The molecule has 160 valence electrons. The first kappa shape index (κ1) is 19.3. The predicted octanol–water partition coefficient (Wildman–Crippen LogP) is 4.48. The average molecular weight is 449 g/mol. The SMILES string of the molecule is O=C1Cc2cc(-c3c(-c4ccc(F)cc4)nc4n3C=CNC4N3CC(Cl)C3)ccc2N=N1. The summed E-state index contributed by atoms with van der Waals surface area (Å²) in [7, 11) is 0. The molecule has 7 nitrogen and oxygen atoms in total. The van der Waals surface area contributed by atoms with E-state index in [0.717, 1.165) is 47.0 Å². The van der Waals surface area contributed by atoms with Crippen LogP contribution in [0.4, 0.5) is 10.1 Å². The number of amides is 1. The maximum atomic E-state index is 13.6. The van der Waals surface area contributed by atoms with Crippen molar-refractivity contribution in [1.29, 1.82) is 0 Å². The molecule has 3 aliphatic rings. The molecular weight excluding hydrogens is 431 g/mol. The molecule has 1 atom stereocenters. The van der Waals surface area contributed by atoms with Crippen LogP contribution in [0.25, 0.3) is 28.7 Å². The molecule has 1 unspecified atom stereocenters. The Hall–Kier alpha value is -3.36. The lowest BCUT2D eigenvalue weighted by molar-refractivity contribution is -0.117. The fourth-order valence-electron chi connectivity index (χ4n) is 4.38. The van der Waals surface area contributed by atoms with Crippen LogP contribution in [0, 0.1) is 5.82 Å². The number of carbonyl (C=O) groups excluding carboxylic acids is 1. The number of carbonyl (C=O) groups is 1. The Kier molecular flexibility index (Phi) is 4.44. The van der Waals surface area contributed by atoms with Gasteiger partial charge in [0.2, 0.25) is 0 Å². The van der Waals surface area contributed by atoms with Crippen LogP contribution in [-0.2, 0) is 11.2 Å². The molecular formula is C23H18ClFN6O. The highest BCUT2D eigenvalue weighted by atomic mass is 35.5. The average Bonchev–Trinajstić information content (AvgIpc) is 3.17. The second kappa shape index (κ2) is 7.36. The topological polar surface area (TPSA) is 74.9 Å². The van der Waals surface area contributed by atoms with E-state index in [1.165, 1.54) is 12.1 Å². The summed E-state index contributed by atoms with van der Waals surface area (Å²) < 4.78 is 15.7. The first-order chi connectivity index (χ1) is 15.6. The van der Waals surface area contributed by atoms with Crippen molar-refractivity contribution in [3.8, 4) is 22.5 Å². The maximum absolute atomic E-state index is 13.6. The molecule has 0 radical (unpaired) electrons. The molecule has 1 amide bonds. The summed E-state index contributed by atoms with van der Waals surface area (Å²) in [4.78, 5) is 19.0. The van der Waals surface area contributed by atoms with Gasteiger partial charge in [0.1, 0.15) is 12.0 Å². The summed E-state index contributed by atoms with van der Waals surface area (Å²) in [5, 5.41) is 11.2. The van der Waals surface area contributed by atoms with Crippen LogP contribution in [0.15, 0.2) is 58.9 Å². The van der Waals surface area contributed by atoms with Crippen molar-refractivity contribution in [3.63, 3.8) is 0 Å². The van der Waals surface area contributed by atoms with Crippen molar-refractivity contribution in [2.75, 3.05) is 13.1 Å². The number of rotatable bonds is 3. The van der Waals surface area contributed by atoms with E-state index in [4.69, 9.17) is 16.6 Å². The van der Waals surface area contributed by atoms with Crippen LogP contribution in [0.2, 0.25) is 0 Å². The van der Waals surface area contributed by atoms with E-state index in [1.54, 1.807) is 12.1 Å². The molecule has 6 rings (SSSR count). The highest BCUT2D eigenvalue weighted by Crippen LogP contribution is 2.39. The predicted molar refractivity (Wildman–Crippen MR) is 119 cm³/mol. The quantitative estimate of drug-likeness (QED) is 0.600. The van der Waals surface area contributed by atoms with Gasteiger partial charge in [0, 0.05) is 36.6 Å². The second-order valence-corrected chi connectivity index (χ2v) is 8.71. The number of fused-ring (bicyclic) bond motifs is 2. The Morgan fingerprint density at radius 2 is 1.84 bits per heavy atom. The van der Waals surface area contributed by atoms with Crippen molar-refractivity contribution in [2.45, 2.75) is 18.0 Å². The van der Waals surface area contributed by atoms with Gasteiger partial charge in [0.25, 0.3) is 5.91 Å². The molecule has 0 saturated carbocycles. The van der Waals surface area contributed by atoms with E-state index in [0.29, 0.717) is 5.69 Å². The zero-order valence-corrected chi connectivity index (χ0v) is 17.6. The van der Waals surface area contributed by atoms with Gasteiger partial charge < -0.3 is 5.32 Å². The maximum Gasteiger partial charge on any atom is 0.269 e. The molecule has 1 fully saturated rings. The van der Waals surface area contributed by atoms with Gasteiger partial charge >= 0.3 is 0 Å². The van der Waals surface area contributed by atoms with E-state index in [-0.39, 0.29) is 29.7 Å². The molecule has 2 aromatic carbocycles. The number of nitrogens with one attached hydrogen (secondary N) is 1. The largest absolute Gasteiger partial charge is 0.368 e. The number of likely N-dealkylation sites (tertiary alicyclic amines) is 1. The molecule has 0 aliphatic carbocycles. The number of nitrogens with zero attached hydrogens (tertiary/aromatic N) is 5. The molecule has 0 bridgehead atoms. The summed E-state index contributed by atoms with van der Waals surface area (Å²) in [6, 6.07) is 12.1. The van der Waals surface area contributed by atoms with Gasteiger partial charge in [0.15, 0.2) is 5.82 Å². The highest BCUT2D eigenvalue weighted by molar-refractivity contribution is 6.21. The van der Waals surface area contributed by atoms with Gasteiger partial charge in [-0.05, 0) is 42.0 Å². The summed E-state index contributed by atoms with van der Waals surface area (Å²) in [5.74, 6) is 0.269. The zero-order chi connectivity index (χ0) is 21.8. The third kappa shape index (κ3) is 3.14. The van der Waals surface area contributed by atoms with Crippen molar-refractivity contribution < 1.29 is 9.18 Å². The van der Waals surface area contributed by atoms with Gasteiger partial charge in [-0.15, -0.1) is 21.8 Å². The van der Waals surface area contributed by atoms with Gasteiger partial charge in [-0.25, -0.2) is 9.37 Å².